The fourth-order valence-corrected chi connectivity index (χ4v) is 3.47. The number of rotatable bonds is 5. The number of amides is 2. The second kappa shape index (κ2) is 7.94. The van der Waals surface area contributed by atoms with Gasteiger partial charge in [-0.05, 0) is 30.5 Å². The highest BCUT2D eigenvalue weighted by atomic mass is 19.1. The highest BCUT2D eigenvalue weighted by Gasteiger charge is 2.30. The molecule has 1 aliphatic rings. The van der Waals surface area contributed by atoms with E-state index in [0.717, 1.165) is 0 Å². The largest absolute Gasteiger partial charge is 0.472 e. The molecule has 2 heterocycles. The van der Waals surface area contributed by atoms with Crippen LogP contribution in [0.25, 0.3) is 0 Å². The van der Waals surface area contributed by atoms with Crippen molar-refractivity contribution in [2.45, 2.75) is 32.1 Å². The molecular formula is C21H25FN2O3. The molecular weight excluding hydrogens is 347 g/mol. The molecule has 1 N–H and O–H groups in total. The third-order valence-corrected chi connectivity index (χ3v) is 5.23. The van der Waals surface area contributed by atoms with Crippen molar-refractivity contribution in [3.05, 3.63) is 59.8 Å². The molecule has 0 spiro atoms. The Hall–Kier alpha value is -2.63. The molecule has 5 nitrogen and oxygen atoms in total. The quantitative estimate of drug-likeness (QED) is 0.875. The molecule has 1 saturated heterocycles. The lowest BCUT2D eigenvalue weighted by Crippen LogP contribution is -2.45. The minimum atomic E-state index is -0.501. The van der Waals surface area contributed by atoms with Crippen LogP contribution in [-0.4, -0.2) is 36.3 Å². The molecule has 0 unspecified atom stereocenters. The van der Waals surface area contributed by atoms with Crippen molar-refractivity contribution in [3.63, 3.8) is 0 Å². The Kier molecular flexibility index (Phi) is 5.63. The van der Waals surface area contributed by atoms with Gasteiger partial charge < -0.3 is 14.6 Å². The van der Waals surface area contributed by atoms with Crippen LogP contribution in [-0.2, 0) is 10.2 Å². The van der Waals surface area contributed by atoms with Crippen molar-refractivity contribution >= 4 is 11.8 Å². The number of hydrogen-bond acceptors (Lipinski definition) is 3. The van der Waals surface area contributed by atoms with Gasteiger partial charge in [0.15, 0.2) is 0 Å². The number of likely N-dealkylation sites (tertiary alicyclic amines) is 1. The Bertz CT molecular complexity index is 794. The van der Waals surface area contributed by atoms with E-state index in [1.807, 2.05) is 13.8 Å². The Labute approximate surface area is 158 Å². The number of carbonyl (C=O) groups excluding carboxylic acids is 2. The van der Waals surface area contributed by atoms with Gasteiger partial charge in [-0.25, -0.2) is 4.39 Å². The van der Waals surface area contributed by atoms with Gasteiger partial charge in [0.05, 0.1) is 11.8 Å². The SMILES string of the molecule is CC(C)(CNC(=O)C1CCN(C(=O)c2ccoc2)CC1)c1ccccc1F. The molecule has 1 aromatic heterocycles. The lowest BCUT2D eigenvalue weighted by Gasteiger charge is -2.32. The number of benzene rings is 1. The summed E-state index contributed by atoms with van der Waals surface area (Å²) in [6.07, 6.45) is 4.15. The van der Waals surface area contributed by atoms with Crippen LogP contribution in [0.1, 0.15) is 42.6 Å². The first kappa shape index (κ1) is 19.1. The maximum absolute atomic E-state index is 14.0. The molecule has 1 aromatic carbocycles. The summed E-state index contributed by atoms with van der Waals surface area (Å²) in [7, 11) is 0. The molecule has 0 bridgehead atoms. The molecule has 1 aliphatic heterocycles. The Morgan fingerprint density at radius 2 is 1.93 bits per heavy atom. The van der Waals surface area contributed by atoms with Crippen LogP contribution in [0.5, 0.6) is 0 Å². The summed E-state index contributed by atoms with van der Waals surface area (Å²) in [6.45, 7) is 5.27. The lowest BCUT2D eigenvalue weighted by atomic mass is 9.84. The van der Waals surface area contributed by atoms with Crippen LogP contribution in [0.3, 0.4) is 0 Å². The number of nitrogens with one attached hydrogen (secondary N) is 1. The summed E-state index contributed by atoms with van der Waals surface area (Å²) < 4.78 is 19.0. The minimum absolute atomic E-state index is 0.0326. The van der Waals surface area contributed by atoms with Crippen LogP contribution >= 0.6 is 0 Å². The first-order valence-corrected chi connectivity index (χ1v) is 9.23. The summed E-state index contributed by atoms with van der Waals surface area (Å²) in [6, 6.07) is 8.29. The van der Waals surface area contributed by atoms with E-state index in [1.165, 1.54) is 18.6 Å². The molecule has 3 rings (SSSR count). The maximum Gasteiger partial charge on any atom is 0.257 e. The van der Waals surface area contributed by atoms with Crippen LogP contribution < -0.4 is 5.32 Å². The van der Waals surface area contributed by atoms with E-state index in [9.17, 15) is 14.0 Å². The standard InChI is InChI=1S/C21H25FN2O3/c1-21(2,17-5-3-4-6-18(17)22)14-23-19(25)15-7-10-24(11-8-15)20(26)16-9-12-27-13-16/h3-6,9,12-13,15H,7-8,10-11,14H2,1-2H3,(H,23,25). The van der Waals surface area contributed by atoms with E-state index in [2.05, 4.69) is 5.32 Å². The van der Waals surface area contributed by atoms with E-state index in [0.29, 0.717) is 43.6 Å². The first-order chi connectivity index (χ1) is 12.9. The molecule has 2 aromatic rings. The van der Waals surface area contributed by atoms with Crippen molar-refractivity contribution in [1.29, 1.82) is 0 Å². The number of piperidine rings is 1. The van der Waals surface area contributed by atoms with Crippen molar-refractivity contribution in [2.75, 3.05) is 19.6 Å². The van der Waals surface area contributed by atoms with Gasteiger partial charge in [0.2, 0.25) is 5.91 Å². The Morgan fingerprint density at radius 3 is 2.56 bits per heavy atom. The van der Waals surface area contributed by atoms with Crippen LogP contribution in [0.4, 0.5) is 4.39 Å². The van der Waals surface area contributed by atoms with Crippen molar-refractivity contribution in [2.24, 2.45) is 5.92 Å². The predicted octanol–water partition coefficient (Wildman–Crippen LogP) is 3.36. The molecule has 0 radical (unpaired) electrons. The minimum Gasteiger partial charge on any atom is -0.472 e. The van der Waals surface area contributed by atoms with Gasteiger partial charge in [0.1, 0.15) is 12.1 Å². The smallest absolute Gasteiger partial charge is 0.257 e. The van der Waals surface area contributed by atoms with E-state index >= 15 is 0 Å². The average Bonchev–Trinajstić information content (AvgIpc) is 3.21. The second-order valence-corrected chi connectivity index (χ2v) is 7.66. The topological polar surface area (TPSA) is 62.6 Å². The van der Waals surface area contributed by atoms with Crippen molar-refractivity contribution < 1.29 is 18.4 Å². The number of carbonyl (C=O) groups is 2. The third kappa shape index (κ3) is 4.38. The fourth-order valence-electron chi connectivity index (χ4n) is 3.47. The monoisotopic (exact) mass is 372 g/mol. The average molecular weight is 372 g/mol. The van der Waals surface area contributed by atoms with Gasteiger partial charge in [0.25, 0.3) is 5.91 Å². The number of hydrogen-bond donors (Lipinski definition) is 1. The summed E-state index contributed by atoms with van der Waals surface area (Å²) in [5.74, 6) is -0.490. The molecule has 1 fully saturated rings. The van der Waals surface area contributed by atoms with Gasteiger partial charge in [0, 0.05) is 31.0 Å². The summed E-state index contributed by atoms with van der Waals surface area (Å²) >= 11 is 0. The Balaban J connectivity index is 1.51. The molecule has 27 heavy (non-hydrogen) atoms. The van der Waals surface area contributed by atoms with E-state index in [4.69, 9.17) is 4.42 Å². The van der Waals surface area contributed by atoms with Gasteiger partial charge in [-0.3, -0.25) is 9.59 Å². The highest BCUT2D eigenvalue weighted by molar-refractivity contribution is 5.94. The molecule has 0 atom stereocenters. The highest BCUT2D eigenvalue weighted by Crippen LogP contribution is 2.25. The lowest BCUT2D eigenvalue weighted by molar-refractivity contribution is -0.126. The molecule has 0 aliphatic carbocycles. The zero-order chi connectivity index (χ0) is 19.4. The number of furan rings is 1. The van der Waals surface area contributed by atoms with Gasteiger partial charge >= 0.3 is 0 Å². The van der Waals surface area contributed by atoms with Crippen LogP contribution in [0.2, 0.25) is 0 Å². The van der Waals surface area contributed by atoms with Crippen molar-refractivity contribution in [1.82, 2.24) is 10.2 Å². The first-order valence-electron chi connectivity index (χ1n) is 9.23. The second-order valence-electron chi connectivity index (χ2n) is 7.66. The van der Waals surface area contributed by atoms with Crippen LogP contribution in [0, 0.1) is 11.7 Å². The summed E-state index contributed by atoms with van der Waals surface area (Å²) in [5, 5.41) is 2.97. The summed E-state index contributed by atoms with van der Waals surface area (Å²) in [4.78, 5) is 26.6. The van der Waals surface area contributed by atoms with E-state index in [-0.39, 0.29) is 23.5 Å². The molecule has 6 heteroatoms. The zero-order valence-corrected chi connectivity index (χ0v) is 15.7. The molecule has 0 saturated carbocycles. The summed E-state index contributed by atoms with van der Waals surface area (Å²) in [5.41, 5.74) is 0.620. The Morgan fingerprint density at radius 1 is 1.22 bits per heavy atom. The van der Waals surface area contributed by atoms with E-state index in [1.54, 1.807) is 29.2 Å². The fraction of sp³-hybridized carbons (Fsp3) is 0.429. The van der Waals surface area contributed by atoms with E-state index < -0.39 is 5.41 Å². The maximum atomic E-state index is 14.0. The zero-order valence-electron chi connectivity index (χ0n) is 15.7. The molecule has 2 amide bonds. The van der Waals surface area contributed by atoms with Gasteiger partial charge in [-0.1, -0.05) is 32.0 Å². The van der Waals surface area contributed by atoms with Gasteiger partial charge in [-0.2, -0.15) is 0 Å². The number of halogens is 1. The predicted molar refractivity (Wildman–Crippen MR) is 99.8 cm³/mol. The van der Waals surface area contributed by atoms with Gasteiger partial charge in [-0.15, -0.1) is 0 Å². The number of nitrogens with zero attached hydrogens (tertiary/aromatic N) is 1. The van der Waals surface area contributed by atoms with Crippen LogP contribution in [0.15, 0.2) is 47.3 Å². The normalized spacial score (nSPS) is 15.6. The van der Waals surface area contributed by atoms with Crippen molar-refractivity contribution in [3.8, 4) is 0 Å². The molecule has 144 valence electrons. The third-order valence-electron chi connectivity index (χ3n) is 5.23.